The van der Waals surface area contributed by atoms with Crippen LogP contribution in [0.5, 0.6) is 11.5 Å². The molecule has 0 spiro atoms. The van der Waals surface area contributed by atoms with Gasteiger partial charge in [-0.15, -0.1) is 0 Å². The van der Waals surface area contributed by atoms with Gasteiger partial charge in [0.2, 0.25) is 5.91 Å². The van der Waals surface area contributed by atoms with Gasteiger partial charge in [0.15, 0.2) is 0 Å². The Hall–Kier alpha value is -2.99. The number of methoxy groups -OCH3 is 2. The van der Waals surface area contributed by atoms with Gasteiger partial charge in [-0.25, -0.2) is 0 Å². The van der Waals surface area contributed by atoms with Crippen LogP contribution < -0.4 is 19.7 Å². The number of nitrogens with one attached hydrogen (secondary N) is 1. The van der Waals surface area contributed by atoms with Crippen molar-refractivity contribution in [1.29, 1.82) is 0 Å². The van der Waals surface area contributed by atoms with Gasteiger partial charge in [0.1, 0.15) is 11.5 Å². The number of amides is 1. The molecule has 1 saturated heterocycles. The van der Waals surface area contributed by atoms with Crippen molar-refractivity contribution in [2.24, 2.45) is 0 Å². The SMILES string of the molecule is CCN1CCN(c2ccccc2NC(=O)C=Cc2cc(OC)cc(OC)c2)CC1. The molecule has 1 amide bonds. The molecule has 0 saturated carbocycles. The second-order valence-corrected chi connectivity index (χ2v) is 6.91. The summed E-state index contributed by atoms with van der Waals surface area (Å²) < 4.78 is 10.5. The fraction of sp³-hybridized carbons (Fsp3) is 0.348. The third kappa shape index (κ3) is 5.51. The van der Waals surface area contributed by atoms with Crippen molar-refractivity contribution in [3.05, 3.63) is 54.1 Å². The lowest BCUT2D eigenvalue weighted by Crippen LogP contribution is -2.46. The molecule has 0 radical (unpaired) electrons. The maximum Gasteiger partial charge on any atom is 0.248 e. The Morgan fingerprint density at radius 1 is 1.03 bits per heavy atom. The summed E-state index contributed by atoms with van der Waals surface area (Å²) in [5.74, 6) is 1.19. The van der Waals surface area contributed by atoms with Crippen molar-refractivity contribution < 1.29 is 14.3 Å². The summed E-state index contributed by atoms with van der Waals surface area (Å²) in [7, 11) is 3.21. The standard InChI is InChI=1S/C23H29N3O3/c1-4-25-11-13-26(14-12-25)22-8-6-5-7-21(22)24-23(27)10-9-18-15-19(28-2)17-20(16-18)29-3/h5-10,15-17H,4,11-14H2,1-3H3,(H,24,27). The molecule has 2 aromatic rings. The molecule has 1 aliphatic rings. The van der Waals surface area contributed by atoms with E-state index in [-0.39, 0.29) is 5.91 Å². The zero-order valence-corrected chi connectivity index (χ0v) is 17.4. The van der Waals surface area contributed by atoms with E-state index < -0.39 is 0 Å². The first kappa shape index (κ1) is 20.7. The van der Waals surface area contributed by atoms with Crippen LogP contribution in [0.1, 0.15) is 12.5 Å². The normalized spacial score (nSPS) is 14.8. The fourth-order valence-corrected chi connectivity index (χ4v) is 3.43. The minimum Gasteiger partial charge on any atom is -0.497 e. The molecule has 1 heterocycles. The summed E-state index contributed by atoms with van der Waals surface area (Å²) in [5, 5.41) is 3.02. The van der Waals surface area contributed by atoms with Crippen LogP contribution in [0.3, 0.4) is 0 Å². The lowest BCUT2D eigenvalue weighted by Gasteiger charge is -2.36. The molecule has 29 heavy (non-hydrogen) atoms. The number of ether oxygens (including phenoxy) is 2. The summed E-state index contributed by atoms with van der Waals surface area (Å²) in [6.45, 7) is 7.26. The fourth-order valence-electron chi connectivity index (χ4n) is 3.43. The number of rotatable bonds is 7. The van der Waals surface area contributed by atoms with Gasteiger partial charge in [-0.2, -0.15) is 0 Å². The number of likely N-dealkylation sites (N-methyl/N-ethyl adjacent to an activating group) is 1. The van der Waals surface area contributed by atoms with Crippen molar-refractivity contribution in [2.45, 2.75) is 6.92 Å². The van der Waals surface area contributed by atoms with Crippen LogP contribution >= 0.6 is 0 Å². The Morgan fingerprint density at radius 3 is 2.31 bits per heavy atom. The summed E-state index contributed by atoms with van der Waals surface area (Å²) in [4.78, 5) is 17.3. The van der Waals surface area contributed by atoms with Crippen molar-refractivity contribution in [3.8, 4) is 11.5 Å². The van der Waals surface area contributed by atoms with E-state index in [1.165, 1.54) is 6.08 Å². The Balaban J connectivity index is 1.69. The first-order valence-electron chi connectivity index (χ1n) is 9.91. The predicted molar refractivity (Wildman–Crippen MR) is 118 cm³/mol. The molecule has 1 N–H and O–H groups in total. The van der Waals surface area contributed by atoms with Gasteiger partial charge in [-0.3, -0.25) is 4.79 Å². The molecular formula is C23H29N3O3. The number of hydrogen-bond acceptors (Lipinski definition) is 5. The van der Waals surface area contributed by atoms with Gasteiger partial charge in [-0.1, -0.05) is 19.1 Å². The maximum absolute atomic E-state index is 12.5. The van der Waals surface area contributed by atoms with E-state index in [0.29, 0.717) is 11.5 Å². The summed E-state index contributed by atoms with van der Waals surface area (Å²) in [6, 6.07) is 13.5. The zero-order valence-electron chi connectivity index (χ0n) is 17.4. The second-order valence-electron chi connectivity index (χ2n) is 6.91. The topological polar surface area (TPSA) is 54.0 Å². The Labute approximate surface area is 172 Å². The summed E-state index contributed by atoms with van der Waals surface area (Å²) >= 11 is 0. The van der Waals surface area contributed by atoms with E-state index in [1.807, 2.05) is 30.3 Å². The molecule has 1 fully saturated rings. The van der Waals surface area contributed by atoms with Crippen molar-refractivity contribution >= 4 is 23.4 Å². The Bertz CT molecular complexity index is 836. The van der Waals surface area contributed by atoms with Crippen LogP contribution in [-0.4, -0.2) is 57.8 Å². The van der Waals surface area contributed by atoms with E-state index >= 15 is 0 Å². The Morgan fingerprint density at radius 2 is 1.69 bits per heavy atom. The molecule has 6 nitrogen and oxygen atoms in total. The van der Waals surface area contributed by atoms with Crippen molar-refractivity contribution in [1.82, 2.24) is 4.90 Å². The van der Waals surface area contributed by atoms with E-state index in [9.17, 15) is 4.79 Å². The quantitative estimate of drug-likeness (QED) is 0.728. The molecule has 154 valence electrons. The highest BCUT2D eigenvalue weighted by molar-refractivity contribution is 6.03. The number of hydrogen-bond donors (Lipinski definition) is 1. The Kier molecular flexibility index (Phi) is 7.14. The van der Waals surface area contributed by atoms with Crippen LogP contribution in [0.25, 0.3) is 6.08 Å². The van der Waals surface area contributed by atoms with Crippen molar-refractivity contribution in [3.63, 3.8) is 0 Å². The monoisotopic (exact) mass is 395 g/mol. The zero-order chi connectivity index (χ0) is 20.6. The highest BCUT2D eigenvalue weighted by atomic mass is 16.5. The van der Waals surface area contributed by atoms with Crippen LogP contribution in [0, 0.1) is 0 Å². The van der Waals surface area contributed by atoms with Crippen LogP contribution in [0.15, 0.2) is 48.5 Å². The van der Waals surface area contributed by atoms with Crippen LogP contribution in [0.2, 0.25) is 0 Å². The van der Waals surface area contributed by atoms with Gasteiger partial charge in [-0.05, 0) is 42.4 Å². The van der Waals surface area contributed by atoms with Gasteiger partial charge >= 0.3 is 0 Å². The summed E-state index contributed by atoms with van der Waals surface area (Å²) in [6.07, 6.45) is 3.28. The number of para-hydroxylation sites is 2. The van der Waals surface area contributed by atoms with Gasteiger partial charge in [0, 0.05) is 38.3 Å². The molecule has 3 rings (SSSR count). The third-order valence-electron chi connectivity index (χ3n) is 5.12. The minimum atomic E-state index is -0.175. The number of piperazine rings is 1. The highest BCUT2D eigenvalue weighted by Crippen LogP contribution is 2.27. The van der Waals surface area contributed by atoms with Gasteiger partial charge < -0.3 is 24.6 Å². The predicted octanol–water partition coefficient (Wildman–Crippen LogP) is 3.50. The first-order chi connectivity index (χ1) is 14.1. The lowest BCUT2D eigenvalue weighted by molar-refractivity contribution is -0.111. The average molecular weight is 396 g/mol. The smallest absolute Gasteiger partial charge is 0.248 e. The maximum atomic E-state index is 12.5. The molecular weight excluding hydrogens is 366 g/mol. The molecule has 0 unspecified atom stereocenters. The number of carbonyl (C=O) groups is 1. The minimum absolute atomic E-state index is 0.175. The average Bonchev–Trinajstić information content (AvgIpc) is 2.78. The molecule has 0 aromatic heterocycles. The summed E-state index contributed by atoms with van der Waals surface area (Å²) in [5.41, 5.74) is 2.73. The molecule has 2 aromatic carbocycles. The number of benzene rings is 2. The lowest BCUT2D eigenvalue weighted by atomic mass is 10.1. The molecule has 0 bridgehead atoms. The molecule has 1 aliphatic heterocycles. The largest absolute Gasteiger partial charge is 0.497 e. The highest BCUT2D eigenvalue weighted by Gasteiger charge is 2.18. The number of nitrogens with zero attached hydrogens (tertiary/aromatic N) is 2. The van der Waals surface area contributed by atoms with Gasteiger partial charge in [0.05, 0.1) is 25.6 Å². The van der Waals surface area contributed by atoms with E-state index in [2.05, 4.69) is 28.1 Å². The molecule has 6 heteroatoms. The van der Waals surface area contributed by atoms with E-state index in [1.54, 1.807) is 26.4 Å². The molecule has 0 atom stereocenters. The number of anilines is 2. The van der Waals surface area contributed by atoms with Gasteiger partial charge in [0.25, 0.3) is 0 Å². The van der Waals surface area contributed by atoms with Crippen molar-refractivity contribution in [2.75, 3.05) is 57.2 Å². The molecule has 0 aliphatic carbocycles. The number of carbonyl (C=O) groups excluding carboxylic acids is 1. The van der Waals surface area contributed by atoms with Crippen LogP contribution in [-0.2, 0) is 4.79 Å². The van der Waals surface area contributed by atoms with E-state index in [0.717, 1.165) is 49.7 Å². The third-order valence-corrected chi connectivity index (χ3v) is 5.12. The van der Waals surface area contributed by atoms with E-state index in [4.69, 9.17) is 9.47 Å². The second kappa shape index (κ2) is 9.98. The van der Waals surface area contributed by atoms with Crippen LogP contribution in [0.4, 0.5) is 11.4 Å². The first-order valence-corrected chi connectivity index (χ1v) is 9.91.